The summed E-state index contributed by atoms with van der Waals surface area (Å²) in [5.41, 5.74) is 1.79. The van der Waals surface area contributed by atoms with Crippen LogP contribution in [-0.4, -0.2) is 31.3 Å². The minimum absolute atomic E-state index is 0.0117. The molecule has 6 heteroatoms. The van der Waals surface area contributed by atoms with E-state index < -0.39 is 22.0 Å². The summed E-state index contributed by atoms with van der Waals surface area (Å²) in [6.07, 6.45) is 1.45. The number of hydrogen-bond acceptors (Lipinski definition) is 4. The summed E-state index contributed by atoms with van der Waals surface area (Å²) in [5.74, 6) is -0.605. The maximum absolute atomic E-state index is 12.9. The zero-order chi connectivity index (χ0) is 19.2. The van der Waals surface area contributed by atoms with Crippen LogP contribution in [0.4, 0.5) is 0 Å². The zero-order valence-electron chi connectivity index (χ0n) is 15.0. The quantitative estimate of drug-likeness (QED) is 0.526. The van der Waals surface area contributed by atoms with E-state index in [1.807, 2.05) is 37.3 Å². The lowest BCUT2D eigenvalue weighted by atomic mass is 10.2. The molecule has 138 valence electrons. The molecule has 0 aliphatic carbocycles. The standard InChI is InChI=1S/C20H23NO4S/c1-4-14-21(26(23,24)19-12-10-16(2)11-13-19)17(3)20(22)25-15-18-8-6-5-7-9-18/h4-13,17H,1,14-15H2,2-3H3. The van der Waals surface area contributed by atoms with Gasteiger partial charge in [-0.1, -0.05) is 54.1 Å². The van der Waals surface area contributed by atoms with Crippen LogP contribution in [0.2, 0.25) is 0 Å². The molecule has 0 N–H and O–H groups in total. The predicted octanol–water partition coefficient (Wildman–Crippen LogP) is 3.30. The van der Waals surface area contributed by atoms with Crippen molar-refractivity contribution in [3.05, 3.63) is 78.4 Å². The SMILES string of the molecule is C=CCN(C(C)C(=O)OCc1ccccc1)S(=O)(=O)c1ccc(C)cc1. The number of benzene rings is 2. The van der Waals surface area contributed by atoms with Gasteiger partial charge in [-0.3, -0.25) is 4.79 Å². The molecule has 26 heavy (non-hydrogen) atoms. The van der Waals surface area contributed by atoms with Crippen LogP contribution in [0.5, 0.6) is 0 Å². The van der Waals surface area contributed by atoms with Gasteiger partial charge in [-0.15, -0.1) is 6.58 Å². The molecule has 0 aliphatic rings. The van der Waals surface area contributed by atoms with Gasteiger partial charge < -0.3 is 4.74 Å². The summed E-state index contributed by atoms with van der Waals surface area (Å²) < 4.78 is 32.2. The van der Waals surface area contributed by atoms with E-state index >= 15 is 0 Å². The molecule has 0 radical (unpaired) electrons. The fourth-order valence-corrected chi connectivity index (χ4v) is 3.96. The second-order valence-corrected chi connectivity index (χ2v) is 7.84. The highest BCUT2D eigenvalue weighted by Crippen LogP contribution is 2.20. The van der Waals surface area contributed by atoms with Crippen LogP contribution in [-0.2, 0) is 26.2 Å². The minimum atomic E-state index is -3.85. The van der Waals surface area contributed by atoms with Crippen LogP contribution in [0, 0.1) is 6.92 Å². The Bertz CT molecular complexity index is 845. The smallest absolute Gasteiger partial charge is 0.324 e. The van der Waals surface area contributed by atoms with Gasteiger partial charge in [-0.25, -0.2) is 8.42 Å². The molecule has 0 saturated heterocycles. The van der Waals surface area contributed by atoms with Crippen molar-refractivity contribution in [2.24, 2.45) is 0 Å². The normalized spacial score (nSPS) is 12.6. The molecule has 0 heterocycles. The highest BCUT2D eigenvalue weighted by atomic mass is 32.2. The summed E-state index contributed by atoms with van der Waals surface area (Å²) in [6, 6.07) is 14.8. The van der Waals surface area contributed by atoms with Gasteiger partial charge in [-0.05, 0) is 31.5 Å². The van der Waals surface area contributed by atoms with Gasteiger partial charge in [0.1, 0.15) is 12.6 Å². The number of hydrogen-bond donors (Lipinski definition) is 0. The predicted molar refractivity (Wildman–Crippen MR) is 101 cm³/mol. The molecule has 1 atom stereocenters. The number of esters is 1. The number of carbonyl (C=O) groups is 1. The molecular formula is C20H23NO4S. The second-order valence-electron chi connectivity index (χ2n) is 5.95. The van der Waals surface area contributed by atoms with Crippen molar-refractivity contribution in [2.45, 2.75) is 31.4 Å². The van der Waals surface area contributed by atoms with Crippen LogP contribution < -0.4 is 0 Å². The molecule has 0 bridgehead atoms. The molecule has 0 spiro atoms. The summed E-state index contributed by atoms with van der Waals surface area (Å²) in [5, 5.41) is 0. The highest BCUT2D eigenvalue weighted by molar-refractivity contribution is 7.89. The average Bonchev–Trinajstić information content (AvgIpc) is 2.64. The number of aryl methyl sites for hydroxylation is 1. The Morgan fingerprint density at radius 2 is 1.77 bits per heavy atom. The number of rotatable bonds is 8. The molecule has 0 saturated carbocycles. The summed E-state index contributed by atoms with van der Waals surface area (Å²) >= 11 is 0. The highest BCUT2D eigenvalue weighted by Gasteiger charge is 2.33. The van der Waals surface area contributed by atoms with E-state index in [0.717, 1.165) is 15.4 Å². The van der Waals surface area contributed by atoms with Crippen molar-refractivity contribution in [1.29, 1.82) is 0 Å². The van der Waals surface area contributed by atoms with E-state index in [2.05, 4.69) is 6.58 Å². The number of nitrogens with zero attached hydrogens (tertiary/aromatic N) is 1. The third kappa shape index (κ3) is 4.80. The molecule has 0 fully saturated rings. The van der Waals surface area contributed by atoms with Crippen molar-refractivity contribution in [3.8, 4) is 0 Å². The lowest BCUT2D eigenvalue weighted by molar-refractivity contribution is -0.148. The van der Waals surface area contributed by atoms with Crippen molar-refractivity contribution >= 4 is 16.0 Å². The van der Waals surface area contributed by atoms with Crippen LogP contribution in [0.3, 0.4) is 0 Å². The van der Waals surface area contributed by atoms with E-state index in [-0.39, 0.29) is 18.0 Å². The van der Waals surface area contributed by atoms with E-state index in [1.165, 1.54) is 25.1 Å². The maximum Gasteiger partial charge on any atom is 0.324 e. The number of sulfonamides is 1. The van der Waals surface area contributed by atoms with Gasteiger partial charge in [-0.2, -0.15) is 4.31 Å². The van der Waals surface area contributed by atoms with Gasteiger partial charge in [0.15, 0.2) is 0 Å². The van der Waals surface area contributed by atoms with Gasteiger partial charge >= 0.3 is 5.97 Å². The summed E-state index contributed by atoms with van der Waals surface area (Å²) in [4.78, 5) is 12.5. The first-order chi connectivity index (χ1) is 12.4. The molecule has 0 amide bonds. The Morgan fingerprint density at radius 3 is 2.35 bits per heavy atom. The van der Waals surface area contributed by atoms with Crippen molar-refractivity contribution < 1.29 is 17.9 Å². The molecule has 1 unspecified atom stereocenters. The van der Waals surface area contributed by atoms with Crippen LogP contribution in [0.1, 0.15) is 18.1 Å². The average molecular weight is 373 g/mol. The fraction of sp³-hybridized carbons (Fsp3) is 0.250. The van der Waals surface area contributed by atoms with Crippen molar-refractivity contribution in [3.63, 3.8) is 0 Å². The van der Waals surface area contributed by atoms with Crippen LogP contribution >= 0.6 is 0 Å². The third-order valence-electron chi connectivity index (χ3n) is 3.93. The maximum atomic E-state index is 12.9. The van der Waals surface area contributed by atoms with Crippen molar-refractivity contribution in [2.75, 3.05) is 6.54 Å². The largest absolute Gasteiger partial charge is 0.460 e. The minimum Gasteiger partial charge on any atom is -0.460 e. The molecular weight excluding hydrogens is 350 g/mol. The first-order valence-electron chi connectivity index (χ1n) is 8.26. The lowest BCUT2D eigenvalue weighted by Gasteiger charge is -2.26. The second kappa shape index (κ2) is 8.78. The van der Waals surface area contributed by atoms with E-state index in [9.17, 15) is 13.2 Å². The first kappa shape index (κ1) is 19.9. The zero-order valence-corrected chi connectivity index (χ0v) is 15.8. The molecule has 5 nitrogen and oxygen atoms in total. The van der Waals surface area contributed by atoms with Crippen LogP contribution in [0.15, 0.2) is 72.1 Å². The third-order valence-corrected chi connectivity index (χ3v) is 5.88. The fourth-order valence-electron chi connectivity index (χ4n) is 2.40. The van der Waals surface area contributed by atoms with Gasteiger partial charge in [0, 0.05) is 6.54 Å². The number of carbonyl (C=O) groups excluding carboxylic acids is 1. The summed E-state index contributed by atoms with van der Waals surface area (Å²) in [6.45, 7) is 7.10. The van der Waals surface area contributed by atoms with Gasteiger partial charge in [0.2, 0.25) is 10.0 Å². The Balaban J connectivity index is 2.17. The first-order valence-corrected chi connectivity index (χ1v) is 9.70. The van der Waals surface area contributed by atoms with E-state index in [4.69, 9.17) is 4.74 Å². The molecule has 0 aliphatic heterocycles. The summed E-state index contributed by atoms with van der Waals surface area (Å²) in [7, 11) is -3.85. The Hall–Kier alpha value is -2.44. The van der Waals surface area contributed by atoms with Crippen molar-refractivity contribution in [1.82, 2.24) is 4.31 Å². The Morgan fingerprint density at radius 1 is 1.15 bits per heavy atom. The Kier molecular flexibility index (Phi) is 6.71. The van der Waals surface area contributed by atoms with E-state index in [0.29, 0.717) is 0 Å². The molecule has 2 aromatic carbocycles. The van der Waals surface area contributed by atoms with Crippen LogP contribution in [0.25, 0.3) is 0 Å². The lowest BCUT2D eigenvalue weighted by Crippen LogP contribution is -2.44. The molecule has 2 aromatic rings. The topological polar surface area (TPSA) is 63.7 Å². The van der Waals surface area contributed by atoms with Gasteiger partial charge in [0.25, 0.3) is 0 Å². The number of ether oxygens (including phenoxy) is 1. The monoisotopic (exact) mass is 373 g/mol. The Labute approximate surface area is 155 Å². The van der Waals surface area contributed by atoms with E-state index in [1.54, 1.807) is 12.1 Å². The van der Waals surface area contributed by atoms with Gasteiger partial charge in [0.05, 0.1) is 4.90 Å². The molecule has 2 rings (SSSR count). The molecule has 0 aromatic heterocycles.